The molecule has 3 N–H and O–H groups in total. The molecule has 2 aromatic heterocycles. The third-order valence-corrected chi connectivity index (χ3v) is 7.20. The molecule has 34 heavy (non-hydrogen) atoms. The lowest BCUT2D eigenvalue weighted by atomic mass is 9.88. The molecular weight excluding hydrogens is 424 g/mol. The molecule has 1 aliphatic carbocycles. The molecule has 6 heteroatoms. The molecule has 0 saturated heterocycles. The first-order valence-electron chi connectivity index (χ1n) is 12.9. The third-order valence-electron chi connectivity index (χ3n) is 7.20. The van der Waals surface area contributed by atoms with E-state index in [1.54, 1.807) is 11.9 Å². The lowest BCUT2D eigenvalue weighted by molar-refractivity contribution is -0.142. The SMILES string of the molecule is CCCCCC(C)[C@@H](O)C(=O)N(C)C1C=Cc2cc(-c3n[nH]c(C)c3CCC(C)(C)C)[nH]c2C1. The van der Waals surface area contributed by atoms with E-state index in [2.05, 4.69) is 68.0 Å². The van der Waals surface area contributed by atoms with E-state index >= 15 is 0 Å². The Labute approximate surface area is 205 Å². The van der Waals surface area contributed by atoms with Crippen LogP contribution in [-0.2, 0) is 17.6 Å². The number of fused-ring (bicyclic) bond motifs is 1. The number of carbonyl (C=O) groups is 1. The summed E-state index contributed by atoms with van der Waals surface area (Å²) in [5.74, 6) is -0.225. The number of aliphatic hydroxyl groups excluding tert-OH is 1. The van der Waals surface area contributed by atoms with Crippen LogP contribution in [0.5, 0.6) is 0 Å². The first kappa shape index (κ1) is 26.3. The fourth-order valence-corrected chi connectivity index (χ4v) is 4.69. The maximum Gasteiger partial charge on any atom is 0.251 e. The van der Waals surface area contributed by atoms with Crippen molar-refractivity contribution in [2.45, 2.75) is 98.6 Å². The van der Waals surface area contributed by atoms with Crippen LogP contribution in [0.2, 0.25) is 0 Å². The third kappa shape index (κ3) is 6.21. The van der Waals surface area contributed by atoms with Crippen LogP contribution < -0.4 is 0 Å². The highest BCUT2D eigenvalue weighted by Gasteiger charge is 2.30. The predicted molar refractivity (Wildman–Crippen MR) is 139 cm³/mol. The van der Waals surface area contributed by atoms with Gasteiger partial charge in [0.05, 0.1) is 11.7 Å². The van der Waals surface area contributed by atoms with E-state index in [1.165, 1.54) is 5.56 Å². The largest absolute Gasteiger partial charge is 0.383 e. The van der Waals surface area contributed by atoms with Gasteiger partial charge in [-0.3, -0.25) is 9.89 Å². The van der Waals surface area contributed by atoms with Crippen LogP contribution in [0.25, 0.3) is 17.5 Å². The first-order chi connectivity index (χ1) is 16.0. The average Bonchev–Trinajstić information content (AvgIpc) is 3.37. The Morgan fingerprint density at radius 3 is 2.74 bits per heavy atom. The zero-order valence-electron chi connectivity index (χ0n) is 22.2. The van der Waals surface area contributed by atoms with Gasteiger partial charge >= 0.3 is 0 Å². The second kappa shape index (κ2) is 10.9. The standard InChI is InChI=1S/C28H44N4O2/c1-8-9-10-11-18(2)26(33)27(34)32(7)21-13-12-20-16-24(29-23(20)17-21)25-22(19(3)30-31-25)14-15-28(4,5)6/h12-13,16,18,21,26,29,33H,8-11,14-15,17H2,1-7H3,(H,30,31)/t18?,21?,26-/m1/s1. The number of unbranched alkanes of at least 4 members (excludes halogenated alkanes) is 2. The maximum absolute atomic E-state index is 13.0. The number of hydrogen-bond donors (Lipinski definition) is 3. The van der Waals surface area contributed by atoms with E-state index in [4.69, 9.17) is 0 Å². The zero-order chi connectivity index (χ0) is 25.0. The summed E-state index contributed by atoms with van der Waals surface area (Å²) < 4.78 is 0. The summed E-state index contributed by atoms with van der Waals surface area (Å²) >= 11 is 0. The van der Waals surface area contributed by atoms with Crippen LogP contribution in [0.15, 0.2) is 12.1 Å². The van der Waals surface area contributed by atoms with Gasteiger partial charge in [0, 0.05) is 30.4 Å². The van der Waals surface area contributed by atoms with Crippen LogP contribution in [-0.4, -0.2) is 50.3 Å². The highest BCUT2D eigenvalue weighted by Crippen LogP contribution is 2.32. The van der Waals surface area contributed by atoms with Gasteiger partial charge in [0.15, 0.2) is 0 Å². The van der Waals surface area contributed by atoms with Crippen molar-refractivity contribution < 1.29 is 9.90 Å². The zero-order valence-corrected chi connectivity index (χ0v) is 22.2. The molecule has 2 unspecified atom stereocenters. The molecule has 3 rings (SSSR count). The normalized spacial score (nSPS) is 17.5. The highest BCUT2D eigenvalue weighted by molar-refractivity contribution is 5.81. The number of nitrogens with zero attached hydrogens (tertiary/aromatic N) is 2. The van der Waals surface area contributed by atoms with Gasteiger partial charge in [0.2, 0.25) is 0 Å². The van der Waals surface area contributed by atoms with Crippen LogP contribution in [0.4, 0.5) is 0 Å². The molecule has 2 heterocycles. The molecule has 0 radical (unpaired) electrons. The van der Waals surface area contributed by atoms with Gasteiger partial charge in [-0.05, 0) is 49.1 Å². The molecule has 1 amide bonds. The number of carbonyl (C=O) groups excluding carboxylic acids is 1. The van der Waals surface area contributed by atoms with E-state index in [-0.39, 0.29) is 23.3 Å². The van der Waals surface area contributed by atoms with Crippen molar-refractivity contribution in [3.05, 3.63) is 34.7 Å². The van der Waals surface area contributed by atoms with Gasteiger partial charge in [0.25, 0.3) is 5.91 Å². The van der Waals surface area contributed by atoms with Gasteiger partial charge in [-0.25, -0.2) is 0 Å². The van der Waals surface area contributed by atoms with E-state index in [0.29, 0.717) is 6.42 Å². The minimum absolute atomic E-state index is 0.0313. The minimum Gasteiger partial charge on any atom is -0.383 e. The van der Waals surface area contributed by atoms with E-state index < -0.39 is 6.10 Å². The molecule has 2 aromatic rings. The summed E-state index contributed by atoms with van der Waals surface area (Å²) in [5, 5.41) is 18.4. The molecule has 0 fully saturated rings. The highest BCUT2D eigenvalue weighted by atomic mass is 16.3. The van der Waals surface area contributed by atoms with Gasteiger partial charge in [-0.1, -0.05) is 66.0 Å². The quantitative estimate of drug-likeness (QED) is 0.393. The summed E-state index contributed by atoms with van der Waals surface area (Å²) in [6, 6.07) is 2.08. The number of amides is 1. The Bertz CT molecular complexity index is 995. The molecule has 0 spiro atoms. The number of aromatic nitrogens is 3. The molecule has 0 aliphatic heterocycles. The second-order valence-corrected chi connectivity index (χ2v) is 11.4. The molecule has 0 aromatic carbocycles. The number of aliphatic hydroxyl groups is 1. The Hall–Kier alpha value is -2.34. The van der Waals surface area contributed by atoms with Gasteiger partial charge in [0.1, 0.15) is 11.8 Å². The smallest absolute Gasteiger partial charge is 0.251 e. The molecule has 188 valence electrons. The molecule has 6 nitrogen and oxygen atoms in total. The average molecular weight is 469 g/mol. The number of hydrogen-bond acceptors (Lipinski definition) is 3. The summed E-state index contributed by atoms with van der Waals surface area (Å²) in [7, 11) is 1.80. The van der Waals surface area contributed by atoms with E-state index in [1.807, 2.05) is 6.92 Å². The Morgan fingerprint density at radius 2 is 2.06 bits per heavy atom. The summed E-state index contributed by atoms with van der Waals surface area (Å²) in [5.41, 5.74) is 6.90. The van der Waals surface area contributed by atoms with Crippen molar-refractivity contribution >= 4 is 12.0 Å². The number of aromatic amines is 2. The Morgan fingerprint density at radius 1 is 1.32 bits per heavy atom. The number of H-pyrrole nitrogens is 2. The van der Waals surface area contributed by atoms with Gasteiger partial charge < -0.3 is 15.0 Å². The first-order valence-corrected chi connectivity index (χ1v) is 12.9. The molecule has 0 saturated carbocycles. The molecule has 0 bridgehead atoms. The Kier molecular flexibility index (Phi) is 8.45. The van der Waals surface area contributed by atoms with Crippen molar-refractivity contribution in [1.82, 2.24) is 20.1 Å². The van der Waals surface area contributed by atoms with E-state index in [0.717, 1.165) is 66.9 Å². The van der Waals surface area contributed by atoms with Gasteiger partial charge in [-0.15, -0.1) is 0 Å². The monoisotopic (exact) mass is 468 g/mol. The van der Waals surface area contributed by atoms with Crippen molar-refractivity contribution in [1.29, 1.82) is 0 Å². The number of nitrogens with one attached hydrogen (secondary N) is 2. The van der Waals surface area contributed by atoms with Crippen LogP contribution in [0.1, 0.15) is 89.2 Å². The van der Waals surface area contributed by atoms with Crippen molar-refractivity contribution in [2.75, 3.05) is 7.05 Å². The second-order valence-electron chi connectivity index (χ2n) is 11.4. The summed E-state index contributed by atoms with van der Waals surface area (Å²) in [4.78, 5) is 18.3. The number of aryl methyl sites for hydroxylation is 1. The van der Waals surface area contributed by atoms with Crippen LogP contribution >= 0.6 is 0 Å². The number of likely N-dealkylation sites (N-methyl/N-ethyl adjacent to an activating group) is 1. The van der Waals surface area contributed by atoms with E-state index in [9.17, 15) is 9.90 Å². The Balaban J connectivity index is 1.70. The molecule has 3 atom stereocenters. The topological polar surface area (TPSA) is 85.0 Å². The summed E-state index contributed by atoms with van der Waals surface area (Å²) in [6.07, 6.45) is 10.2. The van der Waals surface area contributed by atoms with Gasteiger partial charge in [-0.2, -0.15) is 5.10 Å². The minimum atomic E-state index is -0.951. The van der Waals surface area contributed by atoms with Crippen LogP contribution in [0.3, 0.4) is 0 Å². The lowest BCUT2D eigenvalue weighted by Crippen LogP contribution is -2.45. The van der Waals surface area contributed by atoms with Crippen molar-refractivity contribution in [3.63, 3.8) is 0 Å². The predicted octanol–water partition coefficient (Wildman–Crippen LogP) is 5.67. The molecular formula is C28H44N4O2. The fraction of sp³-hybridized carbons (Fsp3) is 0.643. The van der Waals surface area contributed by atoms with Crippen molar-refractivity contribution in [2.24, 2.45) is 11.3 Å². The maximum atomic E-state index is 13.0. The lowest BCUT2D eigenvalue weighted by Gasteiger charge is -2.31. The summed E-state index contributed by atoms with van der Waals surface area (Å²) in [6.45, 7) is 13.0. The number of rotatable bonds is 10. The fourth-order valence-electron chi connectivity index (χ4n) is 4.69. The molecule has 1 aliphatic rings. The van der Waals surface area contributed by atoms with Crippen molar-refractivity contribution in [3.8, 4) is 11.4 Å². The van der Waals surface area contributed by atoms with Crippen LogP contribution in [0, 0.1) is 18.3 Å².